The van der Waals surface area contributed by atoms with Crippen molar-refractivity contribution in [3.8, 4) is 0 Å². The number of halogens is 2. The second-order valence-electron chi connectivity index (χ2n) is 9.34. The minimum atomic E-state index is -0.695. The van der Waals surface area contributed by atoms with Crippen LogP contribution < -0.4 is 5.73 Å². The zero-order valence-electron chi connectivity index (χ0n) is 18.5. The summed E-state index contributed by atoms with van der Waals surface area (Å²) in [5.41, 5.74) is 6.31. The van der Waals surface area contributed by atoms with Crippen molar-refractivity contribution in [3.05, 3.63) is 58.8 Å². The van der Waals surface area contributed by atoms with Gasteiger partial charge in [0, 0.05) is 24.0 Å². The lowest BCUT2D eigenvalue weighted by Crippen LogP contribution is -2.44. The Labute approximate surface area is 199 Å². The highest BCUT2D eigenvalue weighted by Gasteiger charge is 2.64. The summed E-state index contributed by atoms with van der Waals surface area (Å²) in [6.45, 7) is 1.93. The predicted octanol–water partition coefficient (Wildman–Crippen LogP) is 2.90. The third-order valence-electron chi connectivity index (χ3n) is 7.04. The summed E-state index contributed by atoms with van der Waals surface area (Å²) in [6, 6.07) is 5.75. The van der Waals surface area contributed by atoms with Crippen molar-refractivity contribution in [2.75, 3.05) is 0 Å². The van der Waals surface area contributed by atoms with Crippen molar-refractivity contribution in [3.63, 3.8) is 0 Å². The first kappa shape index (κ1) is 22.5. The molecule has 2 aliphatic rings. The number of rotatable bonds is 7. The fourth-order valence-corrected chi connectivity index (χ4v) is 5.30. The van der Waals surface area contributed by atoms with Crippen LogP contribution in [0.5, 0.6) is 0 Å². The Morgan fingerprint density at radius 3 is 2.82 bits per heavy atom. The molecule has 2 fully saturated rings. The highest BCUT2D eigenvalue weighted by molar-refractivity contribution is 6.30. The molecule has 1 aliphatic heterocycles. The topological polar surface area (TPSA) is 111 Å². The maximum absolute atomic E-state index is 14.2. The van der Waals surface area contributed by atoms with Gasteiger partial charge in [0.25, 0.3) is 5.91 Å². The van der Waals surface area contributed by atoms with E-state index < -0.39 is 17.8 Å². The lowest BCUT2D eigenvalue weighted by atomic mass is 9.95. The van der Waals surface area contributed by atoms with E-state index in [1.807, 2.05) is 0 Å². The van der Waals surface area contributed by atoms with Gasteiger partial charge in [-0.05, 0) is 42.4 Å². The number of benzene rings is 1. The number of amides is 2. The number of likely N-dealkylation sites (tertiary alicyclic amines) is 1. The average molecular weight is 484 g/mol. The average Bonchev–Trinajstić information content (AvgIpc) is 3.17. The quantitative estimate of drug-likeness (QED) is 0.555. The molecular formula is C24H23ClFN5O3. The maximum atomic E-state index is 14.2. The molecule has 0 radical (unpaired) electrons. The molecule has 1 aliphatic carbocycles. The van der Waals surface area contributed by atoms with Gasteiger partial charge in [0.2, 0.25) is 5.91 Å². The molecule has 5 rings (SSSR count). The number of hydrogen-bond acceptors (Lipinski definition) is 5. The highest BCUT2D eigenvalue weighted by atomic mass is 35.5. The number of nitrogens with two attached hydrogens (primary N) is 1. The standard InChI is InChI=1S/C24H23ClFN5O3/c1-24-9-16(18(32)6-5-13-3-2-4-15(25)21(13)26)31(19(24)10-24)20(33)12-30-17-11-28-8-7-14(17)22(29-30)23(27)34/h2-4,7-8,11,16,19H,5-6,9-10,12H2,1H3,(H2,27,34)/t16-,19+,24-/m0/s1. The number of nitrogens with zero attached hydrogens (tertiary/aromatic N) is 4. The van der Waals surface area contributed by atoms with E-state index in [4.69, 9.17) is 17.3 Å². The van der Waals surface area contributed by atoms with Crippen LogP contribution in [0.3, 0.4) is 0 Å². The molecule has 176 valence electrons. The normalized spacial score (nSPS) is 23.2. The van der Waals surface area contributed by atoms with Gasteiger partial charge in [0.15, 0.2) is 11.5 Å². The van der Waals surface area contributed by atoms with Crippen LogP contribution in [0, 0.1) is 11.2 Å². The smallest absolute Gasteiger partial charge is 0.269 e. The lowest BCUT2D eigenvalue weighted by molar-refractivity contribution is -0.139. The van der Waals surface area contributed by atoms with Crippen molar-refractivity contribution in [1.82, 2.24) is 19.7 Å². The van der Waals surface area contributed by atoms with Gasteiger partial charge in [-0.2, -0.15) is 5.10 Å². The van der Waals surface area contributed by atoms with Crippen LogP contribution >= 0.6 is 11.6 Å². The molecule has 1 saturated carbocycles. The largest absolute Gasteiger partial charge is 0.364 e. The van der Waals surface area contributed by atoms with Crippen LogP contribution in [0.2, 0.25) is 5.02 Å². The minimum absolute atomic E-state index is 0.0209. The second kappa shape index (κ2) is 8.16. The Morgan fingerprint density at radius 2 is 2.06 bits per heavy atom. The van der Waals surface area contributed by atoms with E-state index in [1.165, 1.54) is 23.1 Å². The van der Waals surface area contributed by atoms with Crippen molar-refractivity contribution in [2.24, 2.45) is 11.1 Å². The molecule has 2 N–H and O–H groups in total. The molecule has 2 amide bonds. The summed E-state index contributed by atoms with van der Waals surface area (Å²) in [7, 11) is 0. The molecule has 10 heteroatoms. The van der Waals surface area contributed by atoms with E-state index in [1.54, 1.807) is 23.1 Å². The number of primary amides is 1. The molecule has 34 heavy (non-hydrogen) atoms. The number of piperidine rings is 1. The lowest BCUT2D eigenvalue weighted by Gasteiger charge is -2.27. The molecule has 3 heterocycles. The van der Waals surface area contributed by atoms with Crippen molar-refractivity contribution < 1.29 is 18.8 Å². The monoisotopic (exact) mass is 483 g/mol. The zero-order valence-corrected chi connectivity index (χ0v) is 19.3. The third-order valence-corrected chi connectivity index (χ3v) is 7.33. The zero-order chi connectivity index (χ0) is 24.2. The van der Waals surface area contributed by atoms with Crippen LogP contribution in [0.15, 0.2) is 36.7 Å². The first-order chi connectivity index (χ1) is 16.2. The van der Waals surface area contributed by atoms with Crippen LogP contribution in [-0.2, 0) is 22.6 Å². The van der Waals surface area contributed by atoms with E-state index in [2.05, 4.69) is 17.0 Å². The second-order valence-corrected chi connectivity index (χ2v) is 9.74. The minimum Gasteiger partial charge on any atom is -0.364 e. The van der Waals surface area contributed by atoms with Gasteiger partial charge in [-0.15, -0.1) is 0 Å². The van der Waals surface area contributed by atoms with Crippen LogP contribution in [0.1, 0.15) is 42.2 Å². The Balaban J connectivity index is 1.35. The number of fused-ring (bicyclic) bond motifs is 2. The first-order valence-electron chi connectivity index (χ1n) is 11.1. The fraction of sp³-hybridized carbons (Fsp3) is 0.375. The molecule has 1 aromatic carbocycles. The van der Waals surface area contributed by atoms with Crippen LogP contribution in [0.25, 0.3) is 10.9 Å². The number of pyridine rings is 1. The van der Waals surface area contributed by atoms with Crippen molar-refractivity contribution in [1.29, 1.82) is 0 Å². The van der Waals surface area contributed by atoms with E-state index in [9.17, 15) is 18.8 Å². The van der Waals surface area contributed by atoms with E-state index in [0.29, 0.717) is 22.9 Å². The van der Waals surface area contributed by atoms with E-state index >= 15 is 0 Å². The molecule has 1 saturated heterocycles. The van der Waals surface area contributed by atoms with Gasteiger partial charge in [-0.1, -0.05) is 30.7 Å². The Morgan fingerprint density at radius 1 is 1.26 bits per heavy atom. The molecule has 3 atom stereocenters. The fourth-order valence-electron chi connectivity index (χ4n) is 5.11. The van der Waals surface area contributed by atoms with E-state index in [-0.39, 0.29) is 53.3 Å². The first-order valence-corrected chi connectivity index (χ1v) is 11.4. The summed E-state index contributed by atoms with van der Waals surface area (Å²) in [5, 5.41) is 4.77. The summed E-state index contributed by atoms with van der Waals surface area (Å²) >= 11 is 5.85. The molecule has 0 spiro atoms. The van der Waals surface area contributed by atoms with Crippen molar-refractivity contribution >= 4 is 40.1 Å². The number of carbonyl (C=O) groups excluding carboxylic acids is 3. The summed E-state index contributed by atoms with van der Waals surface area (Å²) in [4.78, 5) is 44.1. The summed E-state index contributed by atoms with van der Waals surface area (Å²) in [5.74, 6) is -1.58. The predicted molar refractivity (Wildman–Crippen MR) is 123 cm³/mol. The van der Waals surface area contributed by atoms with Gasteiger partial charge in [-0.3, -0.25) is 24.0 Å². The van der Waals surface area contributed by atoms with Gasteiger partial charge < -0.3 is 10.6 Å². The number of carbonyl (C=O) groups is 3. The van der Waals surface area contributed by atoms with E-state index in [0.717, 1.165) is 6.42 Å². The van der Waals surface area contributed by atoms with Gasteiger partial charge in [0.1, 0.15) is 12.4 Å². The highest BCUT2D eigenvalue weighted by Crippen LogP contribution is 2.59. The number of aromatic nitrogens is 3. The summed E-state index contributed by atoms with van der Waals surface area (Å²) in [6.07, 6.45) is 4.77. The molecular weight excluding hydrogens is 461 g/mol. The van der Waals surface area contributed by atoms with Crippen molar-refractivity contribution in [2.45, 2.75) is 51.2 Å². The number of ketones is 1. The molecule has 0 unspecified atom stereocenters. The number of aryl methyl sites for hydroxylation is 1. The van der Waals surface area contributed by atoms with Gasteiger partial charge >= 0.3 is 0 Å². The van der Waals surface area contributed by atoms with Crippen LogP contribution in [-0.4, -0.2) is 49.3 Å². The summed E-state index contributed by atoms with van der Waals surface area (Å²) < 4.78 is 15.6. The van der Waals surface area contributed by atoms with Crippen LogP contribution in [0.4, 0.5) is 4.39 Å². The molecule has 2 aromatic heterocycles. The van der Waals surface area contributed by atoms with Gasteiger partial charge in [-0.25, -0.2) is 4.39 Å². The maximum Gasteiger partial charge on any atom is 0.269 e. The molecule has 0 bridgehead atoms. The molecule has 8 nitrogen and oxygen atoms in total. The Bertz CT molecular complexity index is 1340. The third kappa shape index (κ3) is 3.73. The number of hydrogen-bond donors (Lipinski definition) is 1. The Hall–Kier alpha value is -3.33. The Kier molecular flexibility index (Phi) is 5.39. The molecule has 3 aromatic rings. The van der Waals surface area contributed by atoms with Gasteiger partial charge in [0.05, 0.1) is 22.8 Å². The number of Topliss-reactive ketones (excluding diaryl/α,β-unsaturated/α-hetero) is 1. The SMILES string of the molecule is C[C@@]12C[C@@H](C(=O)CCc3cccc(Cl)c3F)N(C(=O)Cn3nc(C(N)=O)c4ccncc43)[C@@H]1C2.